The Labute approximate surface area is 157 Å². The highest BCUT2D eigenvalue weighted by Crippen LogP contribution is 2.32. The highest BCUT2D eigenvalue weighted by atomic mass is 16.7. The van der Waals surface area contributed by atoms with Crippen LogP contribution in [0.5, 0.6) is 11.5 Å². The Morgan fingerprint density at radius 3 is 2.89 bits per heavy atom. The second-order valence-corrected chi connectivity index (χ2v) is 6.69. The van der Waals surface area contributed by atoms with E-state index in [2.05, 4.69) is 10.4 Å². The third-order valence-electron chi connectivity index (χ3n) is 5.00. The summed E-state index contributed by atoms with van der Waals surface area (Å²) in [6, 6.07) is 5.59. The number of hydrogen-bond donors (Lipinski definition) is 1. The second-order valence-electron chi connectivity index (χ2n) is 6.69. The number of nitrogens with zero attached hydrogens (tertiary/aromatic N) is 3. The van der Waals surface area contributed by atoms with E-state index < -0.39 is 0 Å². The van der Waals surface area contributed by atoms with Gasteiger partial charge in [0.1, 0.15) is 0 Å². The molecule has 0 saturated heterocycles. The minimum absolute atomic E-state index is 0.0937. The molecule has 1 N–H and O–H groups in total. The first-order valence-corrected chi connectivity index (χ1v) is 9.06. The maximum atomic E-state index is 12.7. The molecule has 0 saturated carbocycles. The van der Waals surface area contributed by atoms with Gasteiger partial charge >= 0.3 is 0 Å². The lowest BCUT2D eigenvalue weighted by Crippen LogP contribution is -2.36. The monoisotopic (exact) mass is 370 g/mol. The Bertz CT molecular complexity index is 905. The molecule has 0 fully saturated rings. The van der Waals surface area contributed by atoms with Gasteiger partial charge in [-0.15, -0.1) is 0 Å². The smallest absolute Gasteiger partial charge is 0.272 e. The Morgan fingerprint density at radius 2 is 2.07 bits per heavy atom. The van der Waals surface area contributed by atoms with E-state index in [9.17, 15) is 9.59 Å². The van der Waals surface area contributed by atoms with Gasteiger partial charge in [0.2, 0.25) is 12.7 Å². The Kier molecular flexibility index (Phi) is 4.47. The fourth-order valence-electron chi connectivity index (χ4n) is 3.53. The lowest BCUT2D eigenvalue weighted by molar-refractivity contribution is -0.131. The Morgan fingerprint density at radius 1 is 1.26 bits per heavy atom. The van der Waals surface area contributed by atoms with Crippen molar-refractivity contribution >= 4 is 11.8 Å². The molecule has 2 amide bonds. The molecule has 0 radical (unpaired) electrons. The number of carbonyl (C=O) groups is 2. The predicted octanol–water partition coefficient (Wildman–Crippen LogP) is 1.37. The van der Waals surface area contributed by atoms with Crippen LogP contribution in [0.1, 0.15) is 40.7 Å². The van der Waals surface area contributed by atoms with Crippen molar-refractivity contribution in [3.8, 4) is 11.5 Å². The summed E-state index contributed by atoms with van der Waals surface area (Å²) in [5.41, 5.74) is 3.17. The van der Waals surface area contributed by atoms with Gasteiger partial charge in [0, 0.05) is 50.8 Å². The zero-order valence-electron chi connectivity index (χ0n) is 15.4. The van der Waals surface area contributed by atoms with Gasteiger partial charge in [-0.3, -0.25) is 14.3 Å². The normalized spacial score (nSPS) is 14.8. The fraction of sp³-hybridized carbons (Fsp3) is 0.421. The molecular formula is C19H22N4O4. The molecule has 2 aromatic rings. The largest absolute Gasteiger partial charge is 0.454 e. The minimum Gasteiger partial charge on any atom is -0.454 e. The topological polar surface area (TPSA) is 85.7 Å². The van der Waals surface area contributed by atoms with Crippen LogP contribution in [-0.4, -0.2) is 39.8 Å². The van der Waals surface area contributed by atoms with E-state index in [0.29, 0.717) is 49.7 Å². The number of ether oxygens (including phenoxy) is 2. The first-order chi connectivity index (χ1) is 13.1. The van der Waals surface area contributed by atoms with Crippen LogP contribution in [0.3, 0.4) is 0 Å². The SMILES string of the molecule is CCC(=O)N1CCc2c(c(C(=O)NCc3ccc4c(c3)OCO4)nn2C)C1. The number of aryl methyl sites for hydroxylation is 1. The van der Waals surface area contributed by atoms with Gasteiger partial charge in [-0.25, -0.2) is 0 Å². The Hall–Kier alpha value is -3.03. The van der Waals surface area contributed by atoms with Gasteiger partial charge in [0.25, 0.3) is 5.91 Å². The summed E-state index contributed by atoms with van der Waals surface area (Å²) in [7, 11) is 1.84. The molecule has 0 atom stereocenters. The number of nitrogens with one attached hydrogen (secondary N) is 1. The van der Waals surface area contributed by atoms with Gasteiger partial charge in [-0.2, -0.15) is 5.10 Å². The highest BCUT2D eigenvalue weighted by Gasteiger charge is 2.28. The summed E-state index contributed by atoms with van der Waals surface area (Å²) >= 11 is 0. The van der Waals surface area contributed by atoms with Crippen molar-refractivity contribution in [1.29, 1.82) is 0 Å². The van der Waals surface area contributed by atoms with Crippen LogP contribution in [0.15, 0.2) is 18.2 Å². The highest BCUT2D eigenvalue weighted by molar-refractivity contribution is 5.94. The van der Waals surface area contributed by atoms with Crippen LogP contribution in [0.2, 0.25) is 0 Å². The van der Waals surface area contributed by atoms with Gasteiger partial charge in [-0.1, -0.05) is 13.0 Å². The third-order valence-corrected chi connectivity index (χ3v) is 5.00. The van der Waals surface area contributed by atoms with Crippen LogP contribution in [-0.2, 0) is 31.4 Å². The first kappa shape index (κ1) is 17.4. The van der Waals surface area contributed by atoms with Crippen molar-refractivity contribution in [2.45, 2.75) is 32.9 Å². The zero-order chi connectivity index (χ0) is 19.0. The number of aromatic nitrogens is 2. The van der Waals surface area contributed by atoms with E-state index in [1.807, 2.05) is 32.2 Å². The first-order valence-electron chi connectivity index (χ1n) is 9.06. The van der Waals surface area contributed by atoms with E-state index in [4.69, 9.17) is 9.47 Å². The van der Waals surface area contributed by atoms with Crippen LogP contribution < -0.4 is 14.8 Å². The van der Waals surface area contributed by atoms with Crippen molar-refractivity contribution in [2.24, 2.45) is 7.05 Å². The van der Waals surface area contributed by atoms with Crippen molar-refractivity contribution in [2.75, 3.05) is 13.3 Å². The molecule has 4 rings (SSSR count). The molecule has 8 nitrogen and oxygen atoms in total. The maximum Gasteiger partial charge on any atom is 0.272 e. The zero-order valence-corrected chi connectivity index (χ0v) is 15.4. The van der Waals surface area contributed by atoms with Crippen LogP contribution in [0.25, 0.3) is 0 Å². The van der Waals surface area contributed by atoms with Crippen molar-refractivity contribution in [1.82, 2.24) is 20.0 Å². The summed E-state index contributed by atoms with van der Waals surface area (Å²) in [6.07, 6.45) is 1.17. The molecule has 142 valence electrons. The van der Waals surface area contributed by atoms with Gasteiger partial charge in [0.05, 0.1) is 0 Å². The summed E-state index contributed by atoms with van der Waals surface area (Å²) in [6.45, 7) is 3.52. The molecule has 0 spiro atoms. The van der Waals surface area contributed by atoms with Crippen LogP contribution in [0, 0.1) is 0 Å². The van der Waals surface area contributed by atoms with Crippen molar-refractivity contribution in [3.63, 3.8) is 0 Å². The summed E-state index contributed by atoms with van der Waals surface area (Å²) in [5, 5.41) is 7.32. The molecule has 0 unspecified atom stereocenters. The third kappa shape index (κ3) is 3.22. The molecular weight excluding hydrogens is 348 g/mol. The molecule has 2 aliphatic rings. The fourth-order valence-corrected chi connectivity index (χ4v) is 3.53. The number of rotatable bonds is 4. The molecule has 0 aliphatic carbocycles. The number of hydrogen-bond acceptors (Lipinski definition) is 5. The minimum atomic E-state index is -0.240. The number of fused-ring (bicyclic) bond motifs is 2. The molecule has 8 heteroatoms. The van der Waals surface area contributed by atoms with Crippen molar-refractivity contribution < 1.29 is 19.1 Å². The molecule has 2 aliphatic heterocycles. The van der Waals surface area contributed by atoms with Crippen LogP contribution in [0.4, 0.5) is 0 Å². The average Bonchev–Trinajstić information content (AvgIpc) is 3.29. The molecule has 1 aromatic carbocycles. The van der Waals surface area contributed by atoms with E-state index in [1.165, 1.54) is 0 Å². The second kappa shape index (κ2) is 6.94. The number of benzene rings is 1. The van der Waals surface area contributed by atoms with Gasteiger partial charge in [-0.05, 0) is 17.7 Å². The quantitative estimate of drug-likeness (QED) is 0.879. The molecule has 3 heterocycles. The lowest BCUT2D eigenvalue weighted by atomic mass is 10.0. The van der Waals surface area contributed by atoms with Crippen LogP contribution >= 0.6 is 0 Å². The summed E-state index contributed by atoms with van der Waals surface area (Å²) in [4.78, 5) is 26.6. The number of carbonyl (C=O) groups excluding carboxylic acids is 2. The van der Waals surface area contributed by atoms with Gasteiger partial charge < -0.3 is 19.7 Å². The molecule has 0 bridgehead atoms. The summed E-state index contributed by atoms with van der Waals surface area (Å²) in [5.74, 6) is 1.25. The lowest BCUT2D eigenvalue weighted by Gasteiger charge is -2.27. The van der Waals surface area contributed by atoms with Crippen molar-refractivity contribution in [3.05, 3.63) is 40.7 Å². The number of amides is 2. The summed E-state index contributed by atoms with van der Waals surface area (Å²) < 4.78 is 12.4. The molecule has 1 aromatic heterocycles. The standard InChI is InChI=1S/C19H22N4O4/c1-3-17(24)23-7-6-14-13(10-23)18(21-22(14)2)19(25)20-9-12-4-5-15-16(8-12)27-11-26-15/h4-5,8H,3,6-7,9-11H2,1-2H3,(H,20,25). The predicted molar refractivity (Wildman–Crippen MR) is 96.4 cm³/mol. The van der Waals surface area contributed by atoms with E-state index in [0.717, 1.165) is 16.8 Å². The van der Waals surface area contributed by atoms with Gasteiger partial charge in [0.15, 0.2) is 17.2 Å². The van der Waals surface area contributed by atoms with E-state index in [1.54, 1.807) is 9.58 Å². The average molecular weight is 370 g/mol. The van der Waals surface area contributed by atoms with E-state index in [-0.39, 0.29) is 18.6 Å². The molecule has 27 heavy (non-hydrogen) atoms. The van der Waals surface area contributed by atoms with E-state index >= 15 is 0 Å². The maximum absolute atomic E-state index is 12.7. The Balaban J connectivity index is 1.49.